The smallest absolute Gasteiger partial charge is 0.140 e. The minimum Gasteiger partial charge on any atom is -0.497 e. The molecular formula is C17H22N2O3S. The Morgan fingerprint density at radius 3 is 2.83 bits per heavy atom. The highest BCUT2D eigenvalue weighted by Crippen LogP contribution is 2.20. The summed E-state index contributed by atoms with van der Waals surface area (Å²) in [7, 11) is 1.65. The van der Waals surface area contributed by atoms with Crippen LogP contribution in [0.5, 0.6) is 11.5 Å². The SMILES string of the molecule is COc1ccc(OCc2nc(CN3CCCC(O)C3)cs2)cc1. The highest BCUT2D eigenvalue weighted by Gasteiger charge is 2.18. The second kappa shape index (κ2) is 7.77. The molecule has 2 heterocycles. The minimum absolute atomic E-state index is 0.194. The summed E-state index contributed by atoms with van der Waals surface area (Å²) in [6, 6.07) is 7.54. The lowest BCUT2D eigenvalue weighted by Crippen LogP contribution is -2.37. The summed E-state index contributed by atoms with van der Waals surface area (Å²) in [5.41, 5.74) is 1.05. The van der Waals surface area contributed by atoms with E-state index in [9.17, 15) is 5.11 Å². The van der Waals surface area contributed by atoms with Gasteiger partial charge in [-0.15, -0.1) is 11.3 Å². The highest BCUT2D eigenvalue weighted by atomic mass is 32.1. The van der Waals surface area contributed by atoms with Crippen molar-refractivity contribution >= 4 is 11.3 Å². The zero-order chi connectivity index (χ0) is 16.1. The number of ether oxygens (including phenoxy) is 2. The maximum atomic E-state index is 9.72. The van der Waals surface area contributed by atoms with Crippen molar-refractivity contribution in [2.75, 3.05) is 20.2 Å². The molecule has 0 saturated carbocycles. The first-order valence-electron chi connectivity index (χ1n) is 7.83. The van der Waals surface area contributed by atoms with E-state index >= 15 is 0 Å². The molecule has 1 aromatic heterocycles. The van der Waals surface area contributed by atoms with E-state index in [2.05, 4.69) is 15.3 Å². The summed E-state index contributed by atoms with van der Waals surface area (Å²) in [4.78, 5) is 6.88. The van der Waals surface area contributed by atoms with Crippen LogP contribution in [0.3, 0.4) is 0 Å². The molecule has 1 atom stereocenters. The Labute approximate surface area is 140 Å². The van der Waals surface area contributed by atoms with Crippen molar-refractivity contribution in [3.8, 4) is 11.5 Å². The van der Waals surface area contributed by atoms with Crippen LogP contribution in [0, 0.1) is 0 Å². The number of β-amino-alcohol motifs (C(OH)–C–C–N with tert-alkyl or cyclic N) is 1. The number of rotatable bonds is 6. The Hall–Kier alpha value is -1.63. The summed E-state index contributed by atoms with van der Waals surface area (Å²) in [5.74, 6) is 1.62. The average molecular weight is 334 g/mol. The molecule has 6 heteroatoms. The number of thiazole rings is 1. The molecule has 1 unspecified atom stereocenters. The van der Waals surface area contributed by atoms with Crippen molar-refractivity contribution in [2.45, 2.75) is 32.1 Å². The number of hydrogen-bond acceptors (Lipinski definition) is 6. The van der Waals surface area contributed by atoms with Crippen molar-refractivity contribution in [3.05, 3.63) is 40.3 Å². The molecule has 0 bridgehead atoms. The van der Waals surface area contributed by atoms with Gasteiger partial charge in [0.25, 0.3) is 0 Å². The van der Waals surface area contributed by atoms with E-state index in [0.717, 1.165) is 54.7 Å². The third kappa shape index (κ3) is 4.67. The molecule has 5 nitrogen and oxygen atoms in total. The predicted molar refractivity (Wildman–Crippen MR) is 90.0 cm³/mol. The Kier molecular flexibility index (Phi) is 5.48. The van der Waals surface area contributed by atoms with Crippen LogP contribution < -0.4 is 9.47 Å². The Morgan fingerprint density at radius 2 is 2.09 bits per heavy atom. The lowest BCUT2D eigenvalue weighted by atomic mass is 10.1. The fourth-order valence-electron chi connectivity index (χ4n) is 2.71. The summed E-state index contributed by atoms with van der Waals surface area (Å²) in [6.45, 7) is 3.05. The van der Waals surface area contributed by atoms with Crippen molar-refractivity contribution in [1.29, 1.82) is 0 Å². The first kappa shape index (κ1) is 16.2. The van der Waals surface area contributed by atoms with Gasteiger partial charge in [-0.25, -0.2) is 4.98 Å². The molecule has 23 heavy (non-hydrogen) atoms. The van der Waals surface area contributed by atoms with Gasteiger partial charge in [-0.3, -0.25) is 4.90 Å². The lowest BCUT2D eigenvalue weighted by Gasteiger charge is -2.29. The Morgan fingerprint density at radius 1 is 1.30 bits per heavy atom. The molecule has 0 amide bonds. The van der Waals surface area contributed by atoms with Crippen molar-refractivity contribution in [3.63, 3.8) is 0 Å². The molecule has 1 aromatic carbocycles. The first-order chi connectivity index (χ1) is 11.2. The fraction of sp³-hybridized carbons (Fsp3) is 0.471. The van der Waals surface area contributed by atoms with Gasteiger partial charge in [-0.05, 0) is 43.7 Å². The van der Waals surface area contributed by atoms with E-state index in [-0.39, 0.29) is 6.10 Å². The van der Waals surface area contributed by atoms with Gasteiger partial charge in [-0.1, -0.05) is 0 Å². The van der Waals surface area contributed by atoms with E-state index in [4.69, 9.17) is 9.47 Å². The number of piperidine rings is 1. The normalized spacial score (nSPS) is 18.8. The number of nitrogens with zero attached hydrogens (tertiary/aromatic N) is 2. The molecule has 1 fully saturated rings. The van der Waals surface area contributed by atoms with E-state index in [1.165, 1.54) is 0 Å². The van der Waals surface area contributed by atoms with Gasteiger partial charge in [-0.2, -0.15) is 0 Å². The van der Waals surface area contributed by atoms with Crippen LogP contribution in [0.2, 0.25) is 0 Å². The minimum atomic E-state index is -0.194. The second-order valence-electron chi connectivity index (χ2n) is 5.73. The topological polar surface area (TPSA) is 54.8 Å². The molecule has 0 radical (unpaired) electrons. The van der Waals surface area contributed by atoms with Gasteiger partial charge in [0.1, 0.15) is 23.1 Å². The van der Waals surface area contributed by atoms with Crippen molar-refractivity contribution in [1.82, 2.24) is 9.88 Å². The number of aliphatic hydroxyl groups is 1. The summed E-state index contributed by atoms with van der Waals surface area (Å²) in [6.07, 6.45) is 1.77. The van der Waals surface area contributed by atoms with Gasteiger partial charge in [0.15, 0.2) is 0 Å². The largest absolute Gasteiger partial charge is 0.497 e. The van der Waals surface area contributed by atoms with Crippen LogP contribution in [0.15, 0.2) is 29.6 Å². The van der Waals surface area contributed by atoms with Crippen LogP contribution in [0.25, 0.3) is 0 Å². The van der Waals surface area contributed by atoms with Crippen molar-refractivity contribution < 1.29 is 14.6 Å². The zero-order valence-corrected chi connectivity index (χ0v) is 14.1. The predicted octanol–water partition coefficient (Wildman–Crippen LogP) is 2.69. The number of methoxy groups -OCH3 is 1. The maximum absolute atomic E-state index is 9.72. The quantitative estimate of drug-likeness (QED) is 0.880. The van der Waals surface area contributed by atoms with Crippen LogP contribution in [-0.4, -0.2) is 41.3 Å². The molecule has 1 aliphatic heterocycles. The number of benzene rings is 1. The Bertz CT molecular complexity index is 615. The molecule has 1 aliphatic rings. The molecule has 1 saturated heterocycles. The zero-order valence-electron chi connectivity index (χ0n) is 13.3. The molecule has 3 rings (SSSR count). The lowest BCUT2D eigenvalue weighted by molar-refractivity contribution is 0.0662. The van der Waals surface area contributed by atoms with Crippen LogP contribution in [-0.2, 0) is 13.2 Å². The second-order valence-corrected chi connectivity index (χ2v) is 6.67. The van der Waals surface area contributed by atoms with Gasteiger partial charge in [0.2, 0.25) is 0 Å². The van der Waals surface area contributed by atoms with Crippen molar-refractivity contribution in [2.24, 2.45) is 0 Å². The number of aliphatic hydroxyl groups excluding tert-OH is 1. The van der Waals surface area contributed by atoms with Crippen LogP contribution in [0.1, 0.15) is 23.5 Å². The van der Waals surface area contributed by atoms with E-state index < -0.39 is 0 Å². The molecule has 0 spiro atoms. The number of aromatic nitrogens is 1. The van der Waals surface area contributed by atoms with Gasteiger partial charge >= 0.3 is 0 Å². The molecular weight excluding hydrogens is 312 g/mol. The van der Waals surface area contributed by atoms with Gasteiger partial charge in [0.05, 0.1) is 18.9 Å². The summed E-state index contributed by atoms with van der Waals surface area (Å²) < 4.78 is 10.9. The van der Waals surface area contributed by atoms with E-state index in [1.807, 2.05) is 24.3 Å². The number of hydrogen-bond donors (Lipinski definition) is 1. The monoisotopic (exact) mass is 334 g/mol. The average Bonchev–Trinajstić information content (AvgIpc) is 3.01. The molecule has 2 aromatic rings. The summed E-state index contributed by atoms with van der Waals surface area (Å²) >= 11 is 1.62. The fourth-order valence-corrected chi connectivity index (χ4v) is 3.40. The Balaban J connectivity index is 1.50. The standard InChI is InChI=1S/C17H22N2O3S/c1-21-15-4-6-16(7-5-15)22-11-17-18-13(12-23-17)9-19-8-2-3-14(20)10-19/h4-7,12,14,20H,2-3,8-11H2,1H3. The summed E-state index contributed by atoms with van der Waals surface area (Å²) in [5, 5.41) is 12.8. The molecule has 1 N–H and O–H groups in total. The third-order valence-electron chi connectivity index (χ3n) is 3.89. The van der Waals surface area contributed by atoms with Crippen LogP contribution >= 0.6 is 11.3 Å². The number of likely N-dealkylation sites (tertiary alicyclic amines) is 1. The van der Waals surface area contributed by atoms with Gasteiger partial charge in [0, 0.05) is 18.5 Å². The van der Waals surface area contributed by atoms with Crippen LogP contribution in [0.4, 0.5) is 0 Å². The van der Waals surface area contributed by atoms with E-state index in [0.29, 0.717) is 6.61 Å². The first-order valence-corrected chi connectivity index (χ1v) is 8.71. The molecule has 124 valence electrons. The highest BCUT2D eigenvalue weighted by molar-refractivity contribution is 7.09. The molecule has 0 aliphatic carbocycles. The maximum Gasteiger partial charge on any atom is 0.140 e. The van der Waals surface area contributed by atoms with E-state index in [1.54, 1.807) is 18.4 Å². The third-order valence-corrected chi connectivity index (χ3v) is 4.76. The van der Waals surface area contributed by atoms with Gasteiger partial charge < -0.3 is 14.6 Å².